The fourth-order valence-corrected chi connectivity index (χ4v) is 3.07. The van der Waals surface area contributed by atoms with Gasteiger partial charge in [-0.1, -0.05) is 53.5 Å². The first-order valence-corrected chi connectivity index (χ1v) is 9.92. The van der Waals surface area contributed by atoms with Crippen molar-refractivity contribution in [3.8, 4) is 0 Å². The summed E-state index contributed by atoms with van der Waals surface area (Å²) in [5.41, 5.74) is 1.24. The molecule has 2 amide bonds. The molecule has 0 saturated heterocycles. The topological polar surface area (TPSA) is 49.4 Å². The van der Waals surface area contributed by atoms with Crippen molar-refractivity contribution in [3.63, 3.8) is 0 Å². The normalized spacial score (nSPS) is 12.4. The summed E-state index contributed by atoms with van der Waals surface area (Å²) >= 11 is 12.2. The Morgan fingerprint density at radius 3 is 2.21 bits per heavy atom. The number of hydrogen-bond donors (Lipinski definition) is 1. The van der Waals surface area contributed by atoms with Gasteiger partial charge in [0.1, 0.15) is 6.04 Å². The summed E-state index contributed by atoms with van der Waals surface area (Å²) in [6.45, 7) is 7.71. The van der Waals surface area contributed by atoms with Gasteiger partial charge in [-0.2, -0.15) is 0 Å². The zero-order valence-corrected chi connectivity index (χ0v) is 18.1. The van der Waals surface area contributed by atoms with Gasteiger partial charge in [-0.3, -0.25) is 9.59 Å². The zero-order chi connectivity index (χ0) is 20.9. The number of benzene rings is 2. The molecule has 0 radical (unpaired) electrons. The van der Waals surface area contributed by atoms with Crippen LogP contribution in [0.25, 0.3) is 0 Å². The Morgan fingerprint density at radius 1 is 1.04 bits per heavy atom. The van der Waals surface area contributed by atoms with Crippen molar-refractivity contribution in [3.05, 3.63) is 69.7 Å². The Balaban J connectivity index is 2.26. The molecule has 2 rings (SSSR count). The molecule has 1 N–H and O–H groups in total. The van der Waals surface area contributed by atoms with E-state index < -0.39 is 6.04 Å². The van der Waals surface area contributed by atoms with E-state index in [1.165, 1.54) is 0 Å². The quantitative estimate of drug-likeness (QED) is 0.724. The van der Waals surface area contributed by atoms with E-state index in [1.807, 2.05) is 51.1 Å². The molecular weight excluding hydrogens is 395 g/mol. The molecule has 0 aliphatic rings. The van der Waals surface area contributed by atoms with Gasteiger partial charge in [0.2, 0.25) is 11.8 Å². The number of nitrogens with zero attached hydrogens (tertiary/aromatic N) is 1. The van der Waals surface area contributed by atoms with E-state index in [2.05, 4.69) is 5.32 Å². The number of amides is 2. The number of halogens is 2. The third-order valence-corrected chi connectivity index (χ3v) is 4.85. The van der Waals surface area contributed by atoms with Gasteiger partial charge >= 0.3 is 0 Å². The molecule has 1 atom stereocenters. The van der Waals surface area contributed by atoms with E-state index in [0.29, 0.717) is 10.0 Å². The molecule has 1 unspecified atom stereocenters. The van der Waals surface area contributed by atoms with Crippen molar-refractivity contribution >= 4 is 35.0 Å². The summed E-state index contributed by atoms with van der Waals surface area (Å²) in [5, 5.41) is 4.12. The zero-order valence-electron chi connectivity index (χ0n) is 16.6. The smallest absolute Gasteiger partial charge is 0.242 e. The lowest BCUT2D eigenvalue weighted by Gasteiger charge is -2.31. The van der Waals surface area contributed by atoms with Gasteiger partial charge < -0.3 is 10.2 Å². The maximum Gasteiger partial charge on any atom is 0.242 e. The Hall–Kier alpha value is -2.04. The van der Waals surface area contributed by atoms with Crippen LogP contribution in [0.3, 0.4) is 0 Å². The fraction of sp³-hybridized carbons (Fsp3) is 0.364. The summed E-state index contributed by atoms with van der Waals surface area (Å²) in [6, 6.07) is 13.8. The molecule has 0 heterocycles. The largest absolute Gasteiger partial charge is 0.350 e. The van der Waals surface area contributed by atoms with Crippen LogP contribution in [0, 0.1) is 0 Å². The van der Waals surface area contributed by atoms with E-state index in [-0.39, 0.29) is 30.3 Å². The lowest BCUT2D eigenvalue weighted by atomic mass is 10.1. The number of carbonyl (C=O) groups is 2. The maximum atomic E-state index is 13.1. The Bertz CT molecular complexity index is 829. The average molecular weight is 421 g/mol. The molecule has 28 heavy (non-hydrogen) atoms. The second-order valence-corrected chi connectivity index (χ2v) is 8.68. The molecule has 2 aromatic rings. The SMILES string of the molecule is CC(C(=O)NC(C)(C)C)N(Cc1ccccc1Cl)C(=O)Cc1ccc(Cl)cc1. The molecule has 0 saturated carbocycles. The minimum atomic E-state index is -0.643. The van der Waals surface area contributed by atoms with Crippen LogP contribution in [0.4, 0.5) is 0 Å². The molecule has 150 valence electrons. The van der Waals surface area contributed by atoms with Crippen LogP contribution in [-0.2, 0) is 22.6 Å². The molecule has 0 fully saturated rings. The van der Waals surface area contributed by atoms with Gasteiger partial charge in [-0.15, -0.1) is 0 Å². The van der Waals surface area contributed by atoms with Crippen LogP contribution >= 0.6 is 23.2 Å². The summed E-state index contributed by atoms with van der Waals surface area (Å²) in [4.78, 5) is 27.4. The second-order valence-electron chi connectivity index (χ2n) is 7.83. The lowest BCUT2D eigenvalue weighted by Crippen LogP contribution is -2.52. The van der Waals surface area contributed by atoms with Crippen molar-refractivity contribution in [2.75, 3.05) is 0 Å². The van der Waals surface area contributed by atoms with Crippen LogP contribution in [0.1, 0.15) is 38.8 Å². The minimum absolute atomic E-state index is 0.154. The molecule has 0 bridgehead atoms. The number of nitrogens with one attached hydrogen (secondary N) is 1. The molecule has 0 spiro atoms. The van der Waals surface area contributed by atoms with Gasteiger partial charge in [0.25, 0.3) is 0 Å². The molecule has 6 heteroatoms. The third-order valence-electron chi connectivity index (χ3n) is 4.23. The number of hydrogen-bond acceptors (Lipinski definition) is 2. The second kappa shape index (κ2) is 9.44. The van der Waals surface area contributed by atoms with Crippen molar-refractivity contribution in [2.24, 2.45) is 0 Å². The molecule has 2 aromatic carbocycles. The van der Waals surface area contributed by atoms with Crippen LogP contribution in [0.15, 0.2) is 48.5 Å². The van der Waals surface area contributed by atoms with E-state index >= 15 is 0 Å². The summed E-state index contributed by atoms with van der Waals surface area (Å²) in [7, 11) is 0. The average Bonchev–Trinajstić information content (AvgIpc) is 2.61. The summed E-state index contributed by atoms with van der Waals surface area (Å²) < 4.78 is 0. The van der Waals surface area contributed by atoms with Crippen LogP contribution in [-0.4, -0.2) is 28.3 Å². The lowest BCUT2D eigenvalue weighted by molar-refractivity contribution is -0.140. The Kier molecular flexibility index (Phi) is 7.50. The summed E-state index contributed by atoms with van der Waals surface area (Å²) in [6.07, 6.45) is 0.175. The Morgan fingerprint density at radius 2 is 1.64 bits per heavy atom. The fourth-order valence-electron chi connectivity index (χ4n) is 2.75. The van der Waals surface area contributed by atoms with E-state index in [1.54, 1.807) is 30.0 Å². The van der Waals surface area contributed by atoms with Crippen LogP contribution in [0.2, 0.25) is 10.0 Å². The van der Waals surface area contributed by atoms with Crippen molar-refractivity contribution < 1.29 is 9.59 Å². The van der Waals surface area contributed by atoms with E-state index in [4.69, 9.17) is 23.2 Å². The van der Waals surface area contributed by atoms with Crippen molar-refractivity contribution in [2.45, 2.75) is 52.2 Å². The third kappa shape index (κ3) is 6.54. The van der Waals surface area contributed by atoms with Crippen LogP contribution < -0.4 is 5.32 Å². The predicted molar refractivity (Wildman–Crippen MR) is 115 cm³/mol. The first-order valence-electron chi connectivity index (χ1n) is 9.16. The molecule has 0 aliphatic heterocycles. The van der Waals surface area contributed by atoms with Crippen molar-refractivity contribution in [1.29, 1.82) is 0 Å². The van der Waals surface area contributed by atoms with Gasteiger partial charge in [0.15, 0.2) is 0 Å². The minimum Gasteiger partial charge on any atom is -0.350 e. The molecule has 0 aliphatic carbocycles. The highest BCUT2D eigenvalue weighted by Gasteiger charge is 2.28. The van der Waals surface area contributed by atoms with Crippen molar-refractivity contribution in [1.82, 2.24) is 10.2 Å². The molecule has 4 nitrogen and oxygen atoms in total. The highest BCUT2D eigenvalue weighted by Crippen LogP contribution is 2.20. The highest BCUT2D eigenvalue weighted by molar-refractivity contribution is 6.31. The predicted octanol–water partition coefficient (Wildman–Crippen LogP) is 4.87. The Labute approximate surface area is 176 Å². The monoisotopic (exact) mass is 420 g/mol. The summed E-state index contributed by atoms with van der Waals surface area (Å²) in [5.74, 6) is -0.359. The van der Waals surface area contributed by atoms with E-state index in [0.717, 1.165) is 11.1 Å². The van der Waals surface area contributed by atoms with Gasteiger partial charge in [0, 0.05) is 22.1 Å². The number of rotatable bonds is 6. The number of carbonyl (C=O) groups excluding carboxylic acids is 2. The van der Waals surface area contributed by atoms with Gasteiger partial charge in [-0.25, -0.2) is 0 Å². The maximum absolute atomic E-state index is 13.1. The molecule has 0 aromatic heterocycles. The molecular formula is C22H26Cl2N2O2. The first-order chi connectivity index (χ1) is 13.1. The van der Waals surface area contributed by atoms with E-state index in [9.17, 15) is 9.59 Å². The first kappa shape index (κ1) is 22.3. The van der Waals surface area contributed by atoms with Gasteiger partial charge in [-0.05, 0) is 57.0 Å². The van der Waals surface area contributed by atoms with Gasteiger partial charge in [0.05, 0.1) is 6.42 Å². The van der Waals surface area contributed by atoms with Crippen LogP contribution in [0.5, 0.6) is 0 Å². The standard InChI is InChI=1S/C22H26Cl2N2O2/c1-15(21(28)25-22(2,3)4)26(14-17-7-5-6-8-19(17)24)20(27)13-16-9-11-18(23)12-10-16/h5-12,15H,13-14H2,1-4H3,(H,25,28). The highest BCUT2D eigenvalue weighted by atomic mass is 35.5.